The SMILES string of the molecule is CCCCCCCCNC(=O)[C@@H]1C[C@@H]2CCC[C@@H]2N1C(=O)[C@H](C)NCCC(C(=O)OCC)c1ccccc1. The summed E-state index contributed by atoms with van der Waals surface area (Å²) < 4.78 is 5.31. The van der Waals surface area contributed by atoms with Crippen LogP contribution < -0.4 is 10.6 Å². The van der Waals surface area contributed by atoms with Gasteiger partial charge in [-0.05, 0) is 64.0 Å². The van der Waals surface area contributed by atoms with Gasteiger partial charge in [0.25, 0.3) is 0 Å². The molecule has 1 heterocycles. The van der Waals surface area contributed by atoms with Crippen LogP contribution in [-0.4, -0.2) is 60.5 Å². The highest BCUT2D eigenvalue weighted by atomic mass is 16.5. The summed E-state index contributed by atoms with van der Waals surface area (Å²) >= 11 is 0. The molecule has 7 heteroatoms. The average molecular weight is 528 g/mol. The molecule has 0 spiro atoms. The van der Waals surface area contributed by atoms with Crippen molar-refractivity contribution in [2.24, 2.45) is 5.92 Å². The van der Waals surface area contributed by atoms with Crippen molar-refractivity contribution in [2.75, 3.05) is 19.7 Å². The monoisotopic (exact) mass is 527 g/mol. The molecule has 2 aliphatic rings. The number of hydrogen-bond acceptors (Lipinski definition) is 5. The zero-order valence-electron chi connectivity index (χ0n) is 23.8. The first-order chi connectivity index (χ1) is 18.5. The smallest absolute Gasteiger partial charge is 0.313 e. The van der Waals surface area contributed by atoms with Gasteiger partial charge in [0.1, 0.15) is 6.04 Å². The Morgan fingerprint density at radius 1 is 1.00 bits per heavy atom. The van der Waals surface area contributed by atoms with Crippen LogP contribution in [0, 0.1) is 5.92 Å². The molecule has 2 amide bonds. The Hall–Kier alpha value is -2.41. The summed E-state index contributed by atoms with van der Waals surface area (Å²) in [5.41, 5.74) is 0.919. The third-order valence-corrected chi connectivity index (χ3v) is 8.25. The van der Waals surface area contributed by atoms with Crippen molar-refractivity contribution in [3.8, 4) is 0 Å². The highest BCUT2D eigenvalue weighted by molar-refractivity contribution is 5.90. The van der Waals surface area contributed by atoms with Crippen LogP contribution in [0.1, 0.15) is 103 Å². The maximum Gasteiger partial charge on any atom is 0.313 e. The summed E-state index contributed by atoms with van der Waals surface area (Å²) in [6.45, 7) is 7.42. The number of carbonyl (C=O) groups is 3. The predicted octanol–water partition coefficient (Wildman–Crippen LogP) is 4.95. The summed E-state index contributed by atoms with van der Waals surface area (Å²) in [7, 11) is 0. The van der Waals surface area contributed by atoms with Crippen molar-refractivity contribution < 1.29 is 19.1 Å². The minimum Gasteiger partial charge on any atom is -0.466 e. The van der Waals surface area contributed by atoms with Crippen LogP contribution in [0.4, 0.5) is 0 Å². The van der Waals surface area contributed by atoms with Crippen LogP contribution in [0.5, 0.6) is 0 Å². The van der Waals surface area contributed by atoms with Crippen molar-refractivity contribution in [1.29, 1.82) is 0 Å². The van der Waals surface area contributed by atoms with Crippen LogP contribution in [0.25, 0.3) is 0 Å². The molecule has 0 radical (unpaired) electrons. The highest BCUT2D eigenvalue weighted by Crippen LogP contribution is 2.41. The van der Waals surface area contributed by atoms with Crippen LogP contribution in [-0.2, 0) is 19.1 Å². The number of esters is 1. The lowest BCUT2D eigenvalue weighted by molar-refractivity contribution is -0.145. The van der Waals surface area contributed by atoms with Gasteiger partial charge in [-0.15, -0.1) is 0 Å². The number of ether oxygens (including phenoxy) is 1. The predicted molar refractivity (Wildman–Crippen MR) is 151 cm³/mol. The minimum absolute atomic E-state index is 0.0000362. The van der Waals surface area contributed by atoms with Gasteiger partial charge in [0.2, 0.25) is 11.8 Å². The minimum atomic E-state index is -0.429. The molecule has 5 atom stereocenters. The Morgan fingerprint density at radius 2 is 1.74 bits per heavy atom. The number of carbonyl (C=O) groups excluding carboxylic acids is 3. The molecule has 38 heavy (non-hydrogen) atoms. The Bertz CT molecular complexity index is 877. The largest absolute Gasteiger partial charge is 0.466 e. The van der Waals surface area contributed by atoms with E-state index in [9.17, 15) is 14.4 Å². The van der Waals surface area contributed by atoms with Gasteiger partial charge in [0.15, 0.2) is 0 Å². The number of likely N-dealkylation sites (tertiary alicyclic amines) is 1. The maximum atomic E-state index is 13.7. The van der Waals surface area contributed by atoms with Crippen LogP contribution in [0.2, 0.25) is 0 Å². The van der Waals surface area contributed by atoms with Crippen molar-refractivity contribution in [1.82, 2.24) is 15.5 Å². The summed E-state index contributed by atoms with van der Waals surface area (Å²) in [4.78, 5) is 41.3. The number of amides is 2. The van der Waals surface area contributed by atoms with Gasteiger partial charge >= 0.3 is 5.97 Å². The van der Waals surface area contributed by atoms with Gasteiger partial charge in [-0.3, -0.25) is 14.4 Å². The van der Waals surface area contributed by atoms with E-state index in [-0.39, 0.29) is 35.8 Å². The molecular formula is C31H49N3O4. The van der Waals surface area contributed by atoms with E-state index in [0.29, 0.717) is 32.0 Å². The fraction of sp³-hybridized carbons (Fsp3) is 0.710. The van der Waals surface area contributed by atoms with Gasteiger partial charge in [-0.2, -0.15) is 0 Å². The molecule has 1 aliphatic carbocycles. The number of rotatable bonds is 16. The van der Waals surface area contributed by atoms with Crippen LogP contribution in [0.15, 0.2) is 30.3 Å². The molecule has 1 unspecified atom stereocenters. The number of unbranched alkanes of at least 4 members (excludes halogenated alkanes) is 5. The van der Waals surface area contributed by atoms with E-state index >= 15 is 0 Å². The number of benzene rings is 1. The quantitative estimate of drug-likeness (QED) is 0.235. The molecule has 0 bridgehead atoms. The van der Waals surface area contributed by atoms with Crippen molar-refractivity contribution in [3.63, 3.8) is 0 Å². The zero-order valence-corrected chi connectivity index (χ0v) is 23.8. The van der Waals surface area contributed by atoms with Crippen LogP contribution in [0.3, 0.4) is 0 Å². The van der Waals surface area contributed by atoms with Gasteiger partial charge < -0.3 is 20.3 Å². The number of hydrogen-bond donors (Lipinski definition) is 2. The van der Waals surface area contributed by atoms with Crippen molar-refractivity contribution >= 4 is 17.8 Å². The lowest BCUT2D eigenvalue weighted by Gasteiger charge is -2.32. The lowest BCUT2D eigenvalue weighted by Crippen LogP contribution is -2.54. The molecule has 1 aromatic rings. The van der Waals surface area contributed by atoms with E-state index in [1.165, 1.54) is 25.7 Å². The second-order valence-electron chi connectivity index (χ2n) is 11.0. The van der Waals surface area contributed by atoms with Crippen molar-refractivity contribution in [2.45, 2.75) is 115 Å². The van der Waals surface area contributed by atoms with E-state index < -0.39 is 6.04 Å². The molecule has 1 aromatic carbocycles. The van der Waals surface area contributed by atoms with Gasteiger partial charge in [-0.1, -0.05) is 75.8 Å². The van der Waals surface area contributed by atoms with Crippen LogP contribution >= 0.6 is 0 Å². The van der Waals surface area contributed by atoms with Gasteiger partial charge in [-0.25, -0.2) is 0 Å². The van der Waals surface area contributed by atoms with E-state index in [1.54, 1.807) is 0 Å². The lowest BCUT2D eigenvalue weighted by atomic mass is 9.95. The van der Waals surface area contributed by atoms with Crippen molar-refractivity contribution in [3.05, 3.63) is 35.9 Å². The summed E-state index contributed by atoms with van der Waals surface area (Å²) in [6.07, 6.45) is 11.6. The maximum absolute atomic E-state index is 13.7. The second-order valence-corrected chi connectivity index (χ2v) is 11.0. The van der Waals surface area contributed by atoms with E-state index in [0.717, 1.165) is 44.1 Å². The molecule has 3 rings (SSSR count). The first-order valence-corrected chi connectivity index (χ1v) is 15.0. The third-order valence-electron chi connectivity index (χ3n) is 8.25. The summed E-state index contributed by atoms with van der Waals surface area (Å²) in [5, 5.41) is 6.47. The first kappa shape index (κ1) is 30.1. The van der Waals surface area contributed by atoms with Gasteiger partial charge in [0, 0.05) is 12.6 Å². The third kappa shape index (κ3) is 8.29. The summed E-state index contributed by atoms with van der Waals surface area (Å²) in [5.74, 6) is -0.207. The number of fused-ring (bicyclic) bond motifs is 1. The van der Waals surface area contributed by atoms with E-state index in [4.69, 9.17) is 4.74 Å². The Morgan fingerprint density at radius 3 is 2.47 bits per heavy atom. The Balaban J connectivity index is 1.54. The van der Waals surface area contributed by atoms with E-state index in [2.05, 4.69) is 17.6 Å². The molecule has 1 saturated carbocycles. The van der Waals surface area contributed by atoms with Gasteiger partial charge in [0.05, 0.1) is 18.6 Å². The number of nitrogens with one attached hydrogen (secondary N) is 2. The molecule has 7 nitrogen and oxygen atoms in total. The Kier molecular flexibility index (Phi) is 12.6. The fourth-order valence-electron chi connectivity index (χ4n) is 6.18. The number of nitrogens with zero attached hydrogens (tertiary/aromatic N) is 1. The fourth-order valence-corrected chi connectivity index (χ4v) is 6.18. The summed E-state index contributed by atoms with van der Waals surface area (Å²) in [6, 6.07) is 9.00. The molecule has 0 aromatic heterocycles. The molecular weight excluding hydrogens is 478 g/mol. The Labute approximate surface area is 229 Å². The first-order valence-electron chi connectivity index (χ1n) is 15.0. The molecule has 212 valence electrons. The average Bonchev–Trinajstić information content (AvgIpc) is 3.52. The molecule has 2 fully saturated rings. The molecule has 2 N–H and O–H groups in total. The topological polar surface area (TPSA) is 87.7 Å². The molecule has 1 saturated heterocycles. The standard InChI is InChI=1S/C31H49N3O4/c1-4-6-7-8-9-13-20-33-29(35)28-22-25-17-14-18-27(25)34(28)30(36)23(3)32-21-19-26(31(37)38-5-2)24-15-11-10-12-16-24/h10-12,15-16,23,25-28,32H,4-9,13-14,17-22H2,1-3H3,(H,33,35)/t23-,25-,26?,27-,28-/m0/s1. The normalized spacial score (nSPS) is 22.1. The molecule has 1 aliphatic heterocycles. The van der Waals surface area contributed by atoms with E-state index in [1.807, 2.05) is 49.1 Å². The zero-order chi connectivity index (χ0) is 27.3. The second kappa shape index (κ2) is 15.9. The highest BCUT2D eigenvalue weighted by Gasteiger charge is 2.49.